The lowest BCUT2D eigenvalue weighted by atomic mass is 9.81. The molecule has 0 bridgehead atoms. The molecule has 9 rings (SSSR count). The number of anilines is 2. The van der Waals surface area contributed by atoms with Crippen LogP contribution >= 0.6 is 11.3 Å². The van der Waals surface area contributed by atoms with Crippen molar-refractivity contribution in [2.45, 2.75) is 19.3 Å². The summed E-state index contributed by atoms with van der Waals surface area (Å²) in [5.74, 6) is 0. The molecule has 2 heteroatoms. The molecule has 50 heavy (non-hydrogen) atoms. The van der Waals surface area contributed by atoms with Gasteiger partial charge >= 0.3 is 0 Å². The van der Waals surface area contributed by atoms with Crippen LogP contribution in [0.4, 0.5) is 11.4 Å². The predicted molar refractivity (Wildman–Crippen MR) is 218 cm³/mol. The number of fused-ring (bicyclic) bond motifs is 7. The summed E-state index contributed by atoms with van der Waals surface area (Å²) in [5, 5.41) is 5.20. The number of benzene rings is 7. The van der Waals surface area contributed by atoms with Gasteiger partial charge in [0.2, 0.25) is 0 Å². The molecule has 1 heterocycles. The van der Waals surface area contributed by atoms with Crippen LogP contribution in [0.2, 0.25) is 0 Å². The Kier molecular flexibility index (Phi) is 7.30. The fraction of sp³-hybridized carbons (Fsp3) is 0.0833. The fourth-order valence-electron chi connectivity index (χ4n) is 8.02. The minimum atomic E-state index is -0.123. The number of hydrogen-bond donors (Lipinski definition) is 0. The summed E-state index contributed by atoms with van der Waals surface area (Å²) in [4.78, 5) is 2.47. The molecule has 0 saturated carbocycles. The van der Waals surface area contributed by atoms with Gasteiger partial charge in [-0.3, -0.25) is 0 Å². The van der Waals surface area contributed by atoms with Gasteiger partial charge in [0, 0.05) is 49.1 Å². The van der Waals surface area contributed by atoms with Crippen molar-refractivity contribution in [2.24, 2.45) is 0 Å². The Balaban J connectivity index is 1.24. The smallest absolute Gasteiger partial charge is 0.0493 e. The van der Waals surface area contributed by atoms with Crippen LogP contribution in [0.5, 0.6) is 0 Å². The maximum atomic E-state index is 3.97. The fourth-order valence-corrected chi connectivity index (χ4v) is 9.28. The van der Waals surface area contributed by atoms with E-state index in [2.05, 4.69) is 177 Å². The lowest BCUT2D eigenvalue weighted by Crippen LogP contribution is -2.20. The molecule has 0 aliphatic heterocycles. The number of rotatable bonds is 7. The van der Waals surface area contributed by atoms with Crippen molar-refractivity contribution in [3.8, 4) is 33.4 Å². The first kappa shape index (κ1) is 30.4. The van der Waals surface area contributed by atoms with E-state index in [0.29, 0.717) is 6.54 Å². The monoisotopic (exact) mass is 659 g/mol. The van der Waals surface area contributed by atoms with Crippen molar-refractivity contribution in [2.75, 3.05) is 11.4 Å². The number of hydrogen-bond acceptors (Lipinski definition) is 2. The summed E-state index contributed by atoms with van der Waals surface area (Å²) < 4.78 is 2.63. The molecule has 0 unspecified atom stereocenters. The third-order valence-corrected chi connectivity index (χ3v) is 11.7. The molecule has 0 fully saturated rings. The molecule has 1 nitrogen and oxygen atoms in total. The van der Waals surface area contributed by atoms with E-state index in [1.54, 1.807) is 0 Å². The van der Waals surface area contributed by atoms with Crippen LogP contribution in [0.3, 0.4) is 0 Å². The molecule has 1 aromatic heterocycles. The van der Waals surface area contributed by atoms with Crippen molar-refractivity contribution >= 4 is 53.7 Å². The molecule has 240 valence electrons. The second-order valence-corrected chi connectivity index (χ2v) is 14.8. The van der Waals surface area contributed by atoms with Crippen molar-refractivity contribution in [1.29, 1.82) is 0 Å². The average Bonchev–Trinajstić information content (AvgIpc) is 3.65. The third-order valence-electron chi connectivity index (χ3n) is 10.5. The summed E-state index contributed by atoms with van der Waals surface area (Å²) in [7, 11) is 0. The highest BCUT2D eigenvalue weighted by molar-refractivity contribution is 7.26. The third kappa shape index (κ3) is 4.82. The van der Waals surface area contributed by atoms with Crippen molar-refractivity contribution in [3.63, 3.8) is 0 Å². The molecule has 1 aliphatic carbocycles. The van der Waals surface area contributed by atoms with Gasteiger partial charge < -0.3 is 4.90 Å². The molecule has 1 aliphatic rings. The van der Waals surface area contributed by atoms with Crippen LogP contribution in [0, 0.1) is 0 Å². The molecule has 7 aromatic carbocycles. The maximum absolute atomic E-state index is 3.97. The Hall–Kier alpha value is -5.70. The van der Waals surface area contributed by atoms with Crippen LogP contribution in [0.25, 0.3) is 64.3 Å². The second kappa shape index (κ2) is 12.0. The molecule has 8 aromatic rings. The minimum absolute atomic E-state index is 0.123. The predicted octanol–water partition coefficient (Wildman–Crippen LogP) is 13.7. The highest BCUT2D eigenvalue weighted by Gasteiger charge is 2.36. The van der Waals surface area contributed by atoms with Gasteiger partial charge in [0.1, 0.15) is 0 Å². The number of thiophene rings is 1. The first-order valence-electron chi connectivity index (χ1n) is 17.4. The van der Waals surface area contributed by atoms with E-state index in [4.69, 9.17) is 0 Å². The highest BCUT2D eigenvalue weighted by Crippen LogP contribution is 2.52. The molecule has 0 N–H and O–H groups in total. The van der Waals surface area contributed by atoms with Crippen molar-refractivity contribution < 1.29 is 0 Å². The van der Waals surface area contributed by atoms with E-state index in [-0.39, 0.29) is 5.41 Å². The first-order valence-corrected chi connectivity index (χ1v) is 18.2. The van der Waals surface area contributed by atoms with Gasteiger partial charge in [-0.2, -0.15) is 0 Å². The highest BCUT2D eigenvalue weighted by atomic mass is 32.1. The van der Waals surface area contributed by atoms with Gasteiger partial charge in [-0.1, -0.05) is 148 Å². The minimum Gasteiger partial charge on any atom is -0.337 e. The topological polar surface area (TPSA) is 3.24 Å². The van der Waals surface area contributed by atoms with Crippen molar-refractivity contribution in [1.82, 2.24) is 0 Å². The largest absolute Gasteiger partial charge is 0.337 e. The van der Waals surface area contributed by atoms with Gasteiger partial charge in [-0.15, -0.1) is 11.3 Å². The zero-order valence-electron chi connectivity index (χ0n) is 28.4. The van der Waals surface area contributed by atoms with E-state index in [1.807, 2.05) is 23.5 Å². The quantitative estimate of drug-likeness (QED) is 0.154. The molecule has 0 spiro atoms. The Labute approximate surface area is 298 Å². The molecule has 0 amide bonds. The maximum Gasteiger partial charge on any atom is 0.0493 e. The van der Waals surface area contributed by atoms with Crippen LogP contribution in [-0.2, 0) is 5.41 Å². The SMILES string of the molecule is C=C/C=C\CN(c1ccc2c(c1)C(C)(C)c1cc3ccccc3cc1-2)c1ccccc1-c1ccc(-c2ccccc2)c2sc3ccccc3c12. The molecule has 0 atom stereocenters. The summed E-state index contributed by atoms with van der Waals surface area (Å²) in [6, 6.07) is 53.8. The Morgan fingerprint density at radius 3 is 2.14 bits per heavy atom. The molecular weight excluding hydrogens is 623 g/mol. The first-order chi connectivity index (χ1) is 24.5. The summed E-state index contributed by atoms with van der Waals surface area (Å²) in [6.45, 7) is 9.43. The van der Waals surface area contributed by atoms with E-state index in [1.165, 1.54) is 86.8 Å². The van der Waals surface area contributed by atoms with E-state index >= 15 is 0 Å². The summed E-state index contributed by atoms with van der Waals surface area (Å²) >= 11 is 1.89. The zero-order chi connectivity index (χ0) is 33.8. The number of nitrogens with zero attached hydrogens (tertiary/aromatic N) is 1. The average molecular weight is 660 g/mol. The van der Waals surface area contributed by atoms with E-state index in [0.717, 1.165) is 0 Å². The number of para-hydroxylation sites is 1. The van der Waals surface area contributed by atoms with Gasteiger partial charge in [0.15, 0.2) is 0 Å². The lowest BCUT2D eigenvalue weighted by molar-refractivity contribution is 0.661. The molecule has 0 saturated heterocycles. The Morgan fingerprint density at radius 1 is 0.620 bits per heavy atom. The number of allylic oxidation sites excluding steroid dienone is 2. The second-order valence-electron chi connectivity index (χ2n) is 13.7. The van der Waals surface area contributed by atoms with Gasteiger partial charge in [0.05, 0.1) is 0 Å². The Bertz CT molecular complexity index is 2620. The van der Waals surface area contributed by atoms with Gasteiger partial charge in [0.25, 0.3) is 0 Å². The van der Waals surface area contributed by atoms with Gasteiger partial charge in [-0.05, 0) is 86.1 Å². The normalized spacial score (nSPS) is 13.2. The molecular formula is C48H37NS. The van der Waals surface area contributed by atoms with E-state index in [9.17, 15) is 0 Å². The van der Waals surface area contributed by atoms with Crippen LogP contribution < -0.4 is 4.90 Å². The van der Waals surface area contributed by atoms with Crippen LogP contribution in [-0.4, -0.2) is 6.54 Å². The zero-order valence-corrected chi connectivity index (χ0v) is 29.2. The van der Waals surface area contributed by atoms with Crippen molar-refractivity contribution in [3.05, 3.63) is 182 Å². The summed E-state index contributed by atoms with van der Waals surface area (Å²) in [5.41, 5.74) is 12.7. The van der Waals surface area contributed by atoms with Crippen LogP contribution in [0.15, 0.2) is 170 Å². The van der Waals surface area contributed by atoms with Crippen LogP contribution in [0.1, 0.15) is 25.0 Å². The standard InChI is InChI=1S/C48H37NS/c1-4-5-15-28-49(35-24-25-37-41-29-33-18-9-10-19-34(33)30-42(41)48(2,3)43(37)31-35)44-22-13-11-20-38(44)39-27-26-36(32-16-7-6-8-17-32)47-46(39)40-21-12-14-23-45(40)50-47/h4-27,29-31H,1,28H2,2-3H3/b15-5-. The van der Waals surface area contributed by atoms with E-state index < -0.39 is 0 Å². The summed E-state index contributed by atoms with van der Waals surface area (Å²) in [6.07, 6.45) is 6.12. The Morgan fingerprint density at radius 2 is 1.30 bits per heavy atom. The lowest BCUT2D eigenvalue weighted by Gasteiger charge is -2.29. The molecule has 0 radical (unpaired) electrons. The van der Waals surface area contributed by atoms with Gasteiger partial charge in [-0.25, -0.2) is 0 Å².